The van der Waals surface area contributed by atoms with Crippen LogP contribution >= 0.6 is 0 Å². The Bertz CT molecular complexity index is 833. The second kappa shape index (κ2) is 7.23. The fourth-order valence-electron chi connectivity index (χ4n) is 2.64. The van der Waals surface area contributed by atoms with Gasteiger partial charge in [0.15, 0.2) is 0 Å². The molecular formula is C18H18FN3O2. The Kier molecular flexibility index (Phi) is 4.86. The Labute approximate surface area is 139 Å². The Hall–Kier alpha value is -2.73. The average molecular weight is 327 g/mol. The molecule has 3 rings (SSSR count). The summed E-state index contributed by atoms with van der Waals surface area (Å²) in [5.41, 5.74) is 1.92. The fourth-order valence-corrected chi connectivity index (χ4v) is 2.64. The molecule has 24 heavy (non-hydrogen) atoms. The zero-order chi connectivity index (χ0) is 16.9. The highest BCUT2D eigenvalue weighted by Crippen LogP contribution is 2.34. The zero-order valence-corrected chi connectivity index (χ0v) is 13.3. The van der Waals surface area contributed by atoms with Crippen LogP contribution in [0.2, 0.25) is 0 Å². The largest absolute Gasteiger partial charge is 0.496 e. The molecule has 3 aromatic rings. The quantitative estimate of drug-likeness (QED) is 0.755. The van der Waals surface area contributed by atoms with E-state index in [1.165, 1.54) is 6.20 Å². The topological polar surface area (TPSA) is 60.2 Å². The molecule has 0 bridgehead atoms. The summed E-state index contributed by atoms with van der Waals surface area (Å²) in [7, 11) is 1.56. The molecular weight excluding hydrogens is 309 g/mol. The molecule has 0 spiro atoms. The highest BCUT2D eigenvalue weighted by Gasteiger charge is 2.14. The summed E-state index contributed by atoms with van der Waals surface area (Å²) in [4.78, 5) is 8.18. The van der Waals surface area contributed by atoms with Gasteiger partial charge < -0.3 is 14.4 Å². The second-order valence-corrected chi connectivity index (χ2v) is 5.29. The SMILES string of the molecule is COc1ccc(-c2nccn2CCCO)cc1-c1ccncc1F. The van der Waals surface area contributed by atoms with Crippen LogP contribution in [0, 0.1) is 5.82 Å². The molecule has 0 saturated heterocycles. The molecule has 0 amide bonds. The number of hydrogen-bond acceptors (Lipinski definition) is 4. The number of aliphatic hydroxyl groups excluding tert-OH is 1. The van der Waals surface area contributed by atoms with Crippen LogP contribution in [0.25, 0.3) is 22.5 Å². The minimum Gasteiger partial charge on any atom is -0.496 e. The molecule has 0 aliphatic rings. The van der Waals surface area contributed by atoms with E-state index in [4.69, 9.17) is 9.84 Å². The van der Waals surface area contributed by atoms with Crippen LogP contribution < -0.4 is 4.74 Å². The first-order valence-corrected chi connectivity index (χ1v) is 7.65. The highest BCUT2D eigenvalue weighted by molar-refractivity contribution is 5.76. The van der Waals surface area contributed by atoms with Gasteiger partial charge in [-0.2, -0.15) is 0 Å². The monoisotopic (exact) mass is 327 g/mol. The van der Waals surface area contributed by atoms with Crippen LogP contribution in [-0.2, 0) is 6.54 Å². The highest BCUT2D eigenvalue weighted by atomic mass is 19.1. The van der Waals surface area contributed by atoms with E-state index in [2.05, 4.69) is 9.97 Å². The number of nitrogens with zero attached hydrogens (tertiary/aromatic N) is 3. The second-order valence-electron chi connectivity index (χ2n) is 5.29. The summed E-state index contributed by atoms with van der Waals surface area (Å²) >= 11 is 0. The third-order valence-corrected chi connectivity index (χ3v) is 3.79. The van der Waals surface area contributed by atoms with Crippen LogP contribution in [0.3, 0.4) is 0 Å². The van der Waals surface area contributed by atoms with Crippen molar-refractivity contribution in [2.75, 3.05) is 13.7 Å². The first-order valence-electron chi connectivity index (χ1n) is 7.65. The Morgan fingerprint density at radius 1 is 1.21 bits per heavy atom. The first-order chi connectivity index (χ1) is 11.7. The van der Waals surface area contributed by atoms with Crippen molar-refractivity contribution >= 4 is 0 Å². The van der Waals surface area contributed by atoms with E-state index in [1.54, 1.807) is 31.6 Å². The molecule has 0 saturated carbocycles. The van der Waals surface area contributed by atoms with Gasteiger partial charge in [-0.3, -0.25) is 4.98 Å². The van der Waals surface area contributed by atoms with Crippen molar-refractivity contribution in [3.8, 4) is 28.3 Å². The third-order valence-electron chi connectivity index (χ3n) is 3.79. The Morgan fingerprint density at radius 2 is 2.08 bits per heavy atom. The van der Waals surface area contributed by atoms with Gasteiger partial charge in [0.2, 0.25) is 0 Å². The molecule has 0 aliphatic carbocycles. The molecule has 1 aromatic carbocycles. The van der Waals surface area contributed by atoms with Gasteiger partial charge in [-0.25, -0.2) is 9.37 Å². The summed E-state index contributed by atoms with van der Waals surface area (Å²) in [5, 5.41) is 9.02. The van der Waals surface area contributed by atoms with Crippen molar-refractivity contribution in [2.45, 2.75) is 13.0 Å². The smallest absolute Gasteiger partial charge is 0.149 e. The van der Waals surface area contributed by atoms with Crippen molar-refractivity contribution in [3.63, 3.8) is 0 Å². The van der Waals surface area contributed by atoms with E-state index in [9.17, 15) is 4.39 Å². The molecule has 0 unspecified atom stereocenters. The number of imidazole rings is 1. The third kappa shape index (κ3) is 3.14. The molecule has 2 heterocycles. The minimum absolute atomic E-state index is 0.119. The zero-order valence-electron chi connectivity index (χ0n) is 13.3. The lowest BCUT2D eigenvalue weighted by Gasteiger charge is -2.12. The van der Waals surface area contributed by atoms with Gasteiger partial charge in [0.25, 0.3) is 0 Å². The van der Waals surface area contributed by atoms with E-state index in [-0.39, 0.29) is 6.61 Å². The van der Waals surface area contributed by atoms with Crippen LogP contribution in [0.1, 0.15) is 6.42 Å². The molecule has 1 N–H and O–H groups in total. The van der Waals surface area contributed by atoms with Gasteiger partial charge in [-0.15, -0.1) is 0 Å². The number of halogens is 1. The number of ether oxygens (including phenoxy) is 1. The number of aryl methyl sites for hydroxylation is 1. The van der Waals surface area contributed by atoms with Gasteiger partial charge in [-0.1, -0.05) is 0 Å². The normalized spacial score (nSPS) is 10.8. The van der Waals surface area contributed by atoms with Crippen molar-refractivity contribution in [3.05, 3.63) is 54.9 Å². The molecule has 0 fully saturated rings. The van der Waals surface area contributed by atoms with Crippen LogP contribution in [-0.4, -0.2) is 33.4 Å². The molecule has 0 radical (unpaired) electrons. The van der Waals surface area contributed by atoms with Crippen LogP contribution in [0.15, 0.2) is 49.1 Å². The average Bonchev–Trinajstić information content (AvgIpc) is 3.08. The Morgan fingerprint density at radius 3 is 2.83 bits per heavy atom. The summed E-state index contributed by atoms with van der Waals surface area (Å²) in [6.07, 6.45) is 6.95. The van der Waals surface area contributed by atoms with Gasteiger partial charge >= 0.3 is 0 Å². The molecule has 2 aromatic heterocycles. The summed E-state index contributed by atoms with van der Waals surface area (Å²) in [6.45, 7) is 0.782. The summed E-state index contributed by atoms with van der Waals surface area (Å²) < 4.78 is 21.5. The standard InChI is InChI=1S/C18H18FN3O2/c1-24-17-4-3-13(18-21-7-9-22(18)8-2-10-23)11-15(17)14-5-6-20-12-16(14)19/h3-7,9,11-12,23H,2,8,10H2,1H3. The van der Waals surface area contributed by atoms with Gasteiger partial charge in [0, 0.05) is 48.4 Å². The van der Waals surface area contributed by atoms with E-state index in [0.717, 1.165) is 11.4 Å². The number of aromatic nitrogens is 3. The lowest BCUT2D eigenvalue weighted by Crippen LogP contribution is -2.02. The maximum absolute atomic E-state index is 14.1. The number of pyridine rings is 1. The van der Waals surface area contributed by atoms with Crippen molar-refractivity contribution in [1.82, 2.24) is 14.5 Å². The number of methoxy groups -OCH3 is 1. The maximum atomic E-state index is 14.1. The van der Waals surface area contributed by atoms with Crippen LogP contribution in [0.5, 0.6) is 5.75 Å². The van der Waals surface area contributed by atoms with E-state index in [0.29, 0.717) is 29.8 Å². The van der Waals surface area contributed by atoms with Crippen molar-refractivity contribution in [2.24, 2.45) is 0 Å². The minimum atomic E-state index is -0.406. The van der Waals surface area contributed by atoms with E-state index >= 15 is 0 Å². The fraction of sp³-hybridized carbons (Fsp3) is 0.222. The number of rotatable bonds is 6. The van der Waals surface area contributed by atoms with Gasteiger partial charge in [-0.05, 0) is 30.7 Å². The number of hydrogen-bond donors (Lipinski definition) is 1. The van der Waals surface area contributed by atoms with Gasteiger partial charge in [0.05, 0.1) is 13.3 Å². The predicted molar refractivity (Wildman–Crippen MR) is 89.1 cm³/mol. The molecule has 6 heteroatoms. The van der Waals surface area contributed by atoms with Crippen molar-refractivity contribution < 1.29 is 14.2 Å². The molecule has 5 nitrogen and oxygen atoms in total. The Balaban J connectivity index is 2.08. The number of benzene rings is 1. The molecule has 124 valence electrons. The summed E-state index contributed by atoms with van der Waals surface area (Å²) in [6, 6.07) is 7.17. The first kappa shape index (κ1) is 16.1. The van der Waals surface area contributed by atoms with Crippen molar-refractivity contribution in [1.29, 1.82) is 0 Å². The van der Waals surface area contributed by atoms with E-state index in [1.807, 2.05) is 22.9 Å². The predicted octanol–water partition coefficient (Wildman–Crippen LogP) is 3.14. The molecule has 0 atom stereocenters. The maximum Gasteiger partial charge on any atom is 0.149 e. The molecule has 0 aliphatic heterocycles. The van der Waals surface area contributed by atoms with E-state index < -0.39 is 5.82 Å². The van der Waals surface area contributed by atoms with Crippen LogP contribution in [0.4, 0.5) is 4.39 Å². The summed E-state index contributed by atoms with van der Waals surface area (Å²) in [5.74, 6) is 0.940. The lowest BCUT2D eigenvalue weighted by molar-refractivity contribution is 0.280. The number of aliphatic hydroxyl groups is 1. The van der Waals surface area contributed by atoms with Gasteiger partial charge in [0.1, 0.15) is 17.4 Å². The lowest BCUT2D eigenvalue weighted by atomic mass is 10.0.